The van der Waals surface area contributed by atoms with Crippen LogP contribution in [0.4, 0.5) is 5.69 Å². The SMILES string of the molecule is O=C(Nc1ccc2c3c(cccc13)CC2)[C@H]1CCCN(C(=O)c2ccco2)C1. The second-order valence-electron chi connectivity index (χ2n) is 7.67. The van der Waals surface area contributed by atoms with Crippen LogP contribution in [0.2, 0.25) is 0 Å². The number of furan rings is 1. The van der Waals surface area contributed by atoms with Crippen molar-refractivity contribution in [3.63, 3.8) is 0 Å². The minimum atomic E-state index is -0.212. The lowest BCUT2D eigenvalue weighted by Crippen LogP contribution is -2.43. The topological polar surface area (TPSA) is 62.6 Å². The maximum absolute atomic E-state index is 13.0. The summed E-state index contributed by atoms with van der Waals surface area (Å²) in [6, 6.07) is 13.8. The highest BCUT2D eigenvalue weighted by atomic mass is 16.3. The van der Waals surface area contributed by atoms with Crippen molar-refractivity contribution < 1.29 is 14.0 Å². The molecule has 5 nitrogen and oxygen atoms in total. The van der Waals surface area contributed by atoms with Crippen molar-refractivity contribution in [3.8, 4) is 0 Å². The lowest BCUT2D eigenvalue weighted by Gasteiger charge is -2.31. The number of rotatable bonds is 3. The average Bonchev–Trinajstić information content (AvgIpc) is 3.41. The molecule has 2 heterocycles. The second-order valence-corrected chi connectivity index (χ2v) is 7.67. The van der Waals surface area contributed by atoms with Crippen molar-refractivity contribution >= 4 is 28.3 Å². The number of aryl methyl sites for hydroxylation is 2. The Labute approximate surface area is 163 Å². The van der Waals surface area contributed by atoms with Crippen LogP contribution in [-0.4, -0.2) is 29.8 Å². The average molecular weight is 374 g/mol. The van der Waals surface area contributed by atoms with E-state index in [1.165, 1.54) is 22.8 Å². The Hall–Kier alpha value is -3.08. The van der Waals surface area contributed by atoms with Gasteiger partial charge in [0.2, 0.25) is 5.91 Å². The molecule has 142 valence electrons. The molecule has 1 atom stereocenters. The van der Waals surface area contributed by atoms with Crippen molar-refractivity contribution in [3.05, 3.63) is 65.6 Å². The Morgan fingerprint density at radius 3 is 2.71 bits per heavy atom. The summed E-state index contributed by atoms with van der Waals surface area (Å²) >= 11 is 0. The van der Waals surface area contributed by atoms with Gasteiger partial charge in [-0.05, 0) is 60.4 Å². The van der Waals surface area contributed by atoms with E-state index in [1.54, 1.807) is 17.0 Å². The third-order valence-corrected chi connectivity index (χ3v) is 5.95. The lowest BCUT2D eigenvalue weighted by molar-refractivity contribution is -0.121. The number of nitrogens with zero attached hydrogens (tertiary/aromatic N) is 1. The maximum atomic E-state index is 13.0. The van der Waals surface area contributed by atoms with Gasteiger partial charge in [-0.1, -0.05) is 24.3 Å². The van der Waals surface area contributed by atoms with Gasteiger partial charge < -0.3 is 14.6 Å². The first-order chi connectivity index (χ1) is 13.7. The number of hydrogen-bond donors (Lipinski definition) is 1. The first kappa shape index (κ1) is 17.0. The molecule has 5 rings (SSSR count). The van der Waals surface area contributed by atoms with Crippen LogP contribution in [0.3, 0.4) is 0 Å². The molecule has 1 aromatic heterocycles. The molecule has 1 aliphatic heterocycles. The van der Waals surface area contributed by atoms with Gasteiger partial charge in [-0.2, -0.15) is 0 Å². The molecule has 3 aromatic rings. The predicted octanol–water partition coefficient (Wildman–Crippen LogP) is 4.02. The van der Waals surface area contributed by atoms with Gasteiger partial charge in [0.15, 0.2) is 5.76 Å². The number of benzene rings is 2. The smallest absolute Gasteiger partial charge is 0.289 e. The molecule has 1 fully saturated rings. The minimum Gasteiger partial charge on any atom is -0.459 e. The molecule has 0 spiro atoms. The number of piperidine rings is 1. The van der Waals surface area contributed by atoms with E-state index in [4.69, 9.17) is 4.42 Å². The van der Waals surface area contributed by atoms with E-state index in [9.17, 15) is 9.59 Å². The van der Waals surface area contributed by atoms with E-state index in [0.29, 0.717) is 18.8 Å². The molecule has 0 radical (unpaired) electrons. The van der Waals surface area contributed by atoms with E-state index in [0.717, 1.165) is 36.8 Å². The zero-order valence-electron chi connectivity index (χ0n) is 15.6. The summed E-state index contributed by atoms with van der Waals surface area (Å²) in [5.74, 6) is -0.0484. The van der Waals surface area contributed by atoms with E-state index in [1.807, 2.05) is 6.07 Å². The first-order valence-electron chi connectivity index (χ1n) is 9.88. The van der Waals surface area contributed by atoms with Crippen LogP contribution in [0.25, 0.3) is 10.8 Å². The molecule has 5 heteroatoms. The van der Waals surface area contributed by atoms with Gasteiger partial charge in [0.1, 0.15) is 0 Å². The Morgan fingerprint density at radius 1 is 1.04 bits per heavy atom. The lowest BCUT2D eigenvalue weighted by atomic mass is 9.96. The molecule has 0 bridgehead atoms. The summed E-state index contributed by atoms with van der Waals surface area (Å²) < 4.78 is 5.22. The largest absolute Gasteiger partial charge is 0.459 e. The fraction of sp³-hybridized carbons (Fsp3) is 0.304. The molecule has 2 amide bonds. The Kier molecular flexibility index (Phi) is 4.15. The monoisotopic (exact) mass is 374 g/mol. The number of carbonyl (C=O) groups is 2. The summed E-state index contributed by atoms with van der Waals surface area (Å²) in [6.45, 7) is 1.08. The zero-order valence-corrected chi connectivity index (χ0v) is 15.6. The van der Waals surface area contributed by atoms with Crippen molar-refractivity contribution in [1.29, 1.82) is 0 Å². The summed E-state index contributed by atoms with van der Waals surface area (Å²) in [7, 11) is 0. The standard InChI is InChI=1S/C23H22N2O3/c26-22(17-5-2-12-25(14-17)23(27)20-7-3-13-28-20)24-19-11-10-16-9-8-15-4-1-6-18(19)21(15)16/h1,3-4,6-7,10-11,13,17H,2,5,8-9,12,14H2,(H,24,26)/t17-/m0/s1. The fourth-order valence-corrected chi connectivity index (χ4v) is 4.52. The van der Waals surface area contributed by atoms with Crippen LogP contribution in [0.1, 0.15) is 34.5 Å². The number of carbonyl (C=O) groups excluding carboxylic acids is 2. The third kappa shape index (κ3) is 2.87. The highest BCUT2D eigenvalue weighted by Crippen LogP contribution is 2.35. The minimum absolute atomic E-state index is 0.0179. The molecule has 1 aliphatic carbocycles. The molecule has 2 aromatic carbocycles. The molecular formula is C23H22N2O3. The van der Waals surface area contributed by atoms with Gasteiger partial charge in [0.25, 0.3) is 5.91 Å². The molecule has 2 aliphatic rings. The van der Waals surface area contributed by atoms with E-state index < -0.39 is 0 Å². The van der Waals surface area contributed by atoms with Crippen LogP contribution in [0, 0.1) is 5.92 Å². The molecule has 1 saturated heterocycles. The summed E-state index contributed by atoms with van der Waals surface area (Å²) in [6.07, 6.45) is 5.23. The molecule has 28 heavy (non-hydrogen) atoms. The van der Waals surface area contributed by atoms with Gasteiger partial charge in [-0.3, -0.25) is 9.59 Å². The van der Waals surface area contributed by atoms with E-state index in [2.05, 4.69) is 29.6 Å². The number of anilines is 1. The van der Waals surface area contributed by atoms with Gasteiger partial charge in [-0.15, -0.1) is 0 Å². The highest BCUT2D eigenvalue weighted by molar-refractivity contribution is 6.05. The van der Waals surface area contributed by atoms with E-state index >= 15 is 0 Å². The number of nitrogens with one attached hydrogen (secondary N) is 1. The molecule has 0 unspecified atom stereocenters. The van der Waals surface area contributed by atoms with Gasteiger partial charge >= 0.3 is 0 Å². The molecular weight excluding hydrogens is 352 g/mol. The van der Waals surface area contributed by atoms with Crippen molar-refractivity contribution in [2.45, 2.75) is 25.7 Å². The van der Waals surface area contributed by atoms with E-state index in [-0.39, 0.29) is 17.7 Å². The first-order valence-corrected chi connectivity index (χ1v) is 9.88. The quantitative estimate of drug-likeness (QED) is 0.753. The van der Waals surface area contributed by atoms with Gasteiger partial charge in [-0.25, -0.2) is 0 Å². The molecule has 0 saturated carbocycles. The highest BCUT2D eigenvalue weighted by Gasteiger charge is 2.30. The van der Waals surface area contributed by atoms with Crippen LogP contribution in [0.15, 0.2) is 53.1 Å². The van der Waals surface area contributed by atoms with Crippen LogP contribution in [-0.2, 0) is 17.6 Å². The van der Waals surface area contributed by atoms with Crippen LogP contribution in [0.5, 0.6) is 0 Å². The normalized spacial score (nSPS) is 18.4. The third-order valence-electron chi connectivity index (χ3n) is 5.95. The van der Waals surface area contributed by atoms with Crippen LogP contribution >= 0.6 is 0 Å². The van der Waals surface area contributed by atoms with Crippen molar-refractivity contribution in [2.75, 3.05) is 18.4 Å². The Morgan fingerprint density at radius 2 is 1.89 bits per heavy atom. The fourth-order valence-electron chi connectivity index (χ4n) is 4.52. The number of hydrogen-bond acceptors (Lipinski definition) is 3. The molecule has 1 N–H and O–H groups in total. The zero-order chi connectivity index (χ0) is 19.1. The summed E-state index contributed by atoms with van der Waals surface area (Å²) in [4.78, 5) is 27.2. The van der Waals surface area contributed by atoms with Gasteiger partial charge in [0, 0.05) is 24.2 Å². The summed E-state index contributed by atoms with van der Waals surface area (Å²) in [5, 5.41) is 5.53. The Balaban J connectivity index is 1.35. The van der Waals surface area contributed by atoms with Crippen LogP contribution < -0.4 is 5.32 Å². The Bertz CT molecular complexity index is 1040. The second kappa shape index (κ2) is 6.82. The maximum Gasteiger partial charge on any atom is 0.289 e. The van der Waals surface area contributed by atoms with Crippen molar-refractivity contribution in [1.82, 2.24) is 4.90 Å². The number of amides is 2. The number of likely N-dealkylation sites (tertiary alicyclic amines) is 1. The summed E-state index contributed by atoms with van der Waals surface area (Å²) in [5.41, 5.74) is 3.58. The van der Waals surface area contributed by atoms with Gasteiger partial charge in [0.05, 0.1) is 12.2 Å². The van der Waals surface area contributed by atoms with Crippen molar-refractivity contribution in [2.24, 2.45) is 5.92 Å². The predicted molar refractivity (Wildman–Crippen MR) is 107 cm³/mol.